The van der Waals surface area contributed by atoms with Gasteiger partial charge in [0.2, 0.25) is 5.72 Å². The molecule has 29 heavy (non-hydrogen) atoms. The summed E-state index contributed by atoms with van der Waals surface area (Å²) in [5.41, 5.74) is -4.80. The molecule has 2 N–H and O–H groups in total. The van der Waals surface area contributed by atoms with E-state index >= 15 is 0 Å². The number of halogens is 6. The zero-order valence-electron chi connectivity index (χ0n) is 16.0. The number of ether oxygens (including phenoxy) is 1. The topological polar surface area (TPSA) is 41.5 Å². The lowest BCUT2D eigenvalue weighted by Crippen LogP contribution is -2.59. The molecule has 1 atom stereocenters. The van der Waals surface area contributed by atoms with Crippen molar-refractivity contribution in [1.29, 1.82) is 0 Å². The van der Waals surface area contributed by atoms with Crippen LogP contribution < -0.4 is 10.1 Å². The van der Waals surface area contributed by atoms with Crippen LogP contribution in [0.3, 0.4) is 0 Å². The number of aliphatic hydroxyl groups is 1. The van der Waals surface area contributed by atoms with Crippen LogP contribution in [-0.4, -0.2) is 24.1 Å². The van der Waals surface area contributed by atoms with Gasteiger partial charge in [-0.2, -0.15) is 13.2 Å². The Balaban J connectivity index is 2.35. The van der Waals surface area contributed by atoms with Gasteiger partial charge in [0.05, 0.1) is 7.11 Å². The summed E-state index contributed by atoms with van der Waals surface area (Å²) in [4.78, 5) is 0. The van der Waals surface area contributed by atoms with Crippen LogP contribution in [0.1, 0.15) is 31.4 Å². The number of nitrogens with one attached hydrogen (secondary N) is 1. The molecular weight excluding hydrogens is 400 g/mol. The molecule has 0 aliphatic rings. The number of hydrogen-bond donors (Lipinski definition) is 2. The van der Waals surface area contributed by atoms with Crippen LogP contribution in [0.2, 0.25) is 0 Å². The van der Waals surface area contributed by atoms with Gasteiger partial charge in [-0.1, -0.05) is 13.8 Å². The number of rotatable bonds is 7. The molecule has 0 bridgehead atoms. The van der Waals surface area contributed by atoms with Gasteiger partial charge in [0.25, 0.3) is 0 Å². The average molecular weight is 421 g/mol. The molecule has 0 fully saturated rings. The summed E-state index contributed by atoms with van der Waals surface area (Å²) < 4.78 is 86.5. The van der Waals surface area contributed by atoms with Gasteiger partial charge in [0, 0.05) is 24.6 Å². The van der Waals surface area contributed by atoms with Gasteiger partial charge in [-0.25, -0.2) is 13.2 Å². The Morgan fingerprint density at radius 3 is 2.03 bits per heavy atom. The Bertz CT molecular complexity index is 848. The Hall–Kier alpha value is -2.26. The van der Waals surface area contributed by atoms with Gasteiger partial charge in [-0.3, -0.25) is 5.32 Å². The molecule has 9 heteroatoms. The molecular formula is C20H21F6NO2. The van der Waals surface area contributed by atoms with Crippen LogP contribution in [0, 0.1) is 17.5 Å². The molecule has 0 spiro atoms. The molecule has 0 saturated carbocycles. The van der Waals surface area contributed by atoms with Crippen LogP contribution in [0.5, 0.6) is 5.75 Å². The molecule has 0 radical (unpaired) electrons. The normalized spacial score (nSPS) is 14.6. The van der Waals surface area contributed by atoms with Gasteiger partial charge in [0.15, 0.2) is 0 Å². The third-order valence-electron chi connectivity index (χ3n) is 4.56. The van der Waals surface area contributed by atoms with Crippen LogP contribution in [-0.2, 0) is 12.0 Å². The smallest absolute Gasteiger partial charge is 0.431 e. The lowest BCUT2D eigenvalue weighted by atomic mass is 9.77. The maximum Gasteiger partial charge on any atom is 0.431 e. The third kappa shape index (κ3) is 5.42. The van der Waals surface area contributed by atoms with Crippen molar-refractivity contribution in [3.63, 3.8) is 0 Å². The highest BCUT2D eigenvalue weighted by molar-refractivity contribution is 5.39. The summed E-state index contributed by atoms with van der Waals surface area (Å²) in [6.07, 6.45) is -6.04. The zero-order valence-corrected chi connectivity index (χ0v) is 16.0. The van der Waals surface area contributed by atoms with Crippen molar-refractivity contribution in [2.24, 2.45) is 0 Å². The van der Waals surface area contributed by atoms with Crippen molar-refractivity contribution in [1.82, 2.24) is 5.32 Å². The Morgan fingerprint density at radius 1 is 0.931 bits per heavy atom. The van der Waals surface area contributed by atoms with Crippen molar-refractivity contribution >= 4 is 0 Å². The molecule has 0 aromatic heterocycles. The predicted octanol–water partition coefficient (Wildman–Crippen LogP) is 4.82. The molecule has 2 rings (SSSR count). The van der Waals surface area contributed by atoms with Crippen LogP contribution in [0.25, 0.3) is 0 Å². The Kier molecular flexibility index (Phi) is 6.54. The fourth-order valence-electron chi connectivity index (χ4n) is 3.17. The Morgan fingerprint density at radius 2 is 1.52 bits per heavy atom. The molecule has 0 aliphatic carbocycles. The minimum absolute atomic E-state index is 0.119. The first-order valence-corrected chi connectivity index (χ1v) is 8.60. The summed E-state index contributed by atoms with van der Waals surface area (Å²) in [6.45, 7) is 2.14. The standard InChI is InChI=1S/C20H21F6NO2/c1-18(2,16-9-13(21)4-5-17(16)29-3)11-19(28,20(24,25)26)27-10-12-6-14(22)8-15(23)7-12/h4-9,27-28H,10-11H2,1-3H3. The zero-order chi connectivity index (χ0) is 22.0. The molecule has 0 heterocycles. The van der Waals surface area contributed by atoms with Crippen molar-refractivity contribution in [3.8, 4) is 5.75 Å². The number of methoxy groups -OCH3 is 1. The van der Waals surface area contributed by atoms with E-state index in [0.717, 1.165) is 24.3 Å². The van der Waals surface area contributed by atoms with E-state index in [1.165, 1.54) is 27.0 Å². The highest BCUT2D eigenvalue weighted by atomic mass is 19.4. The molecule has 2 aromatic carbocycles. The molecule has 0 saturated heterocycles. The van der Waals surface area contributed by atoms with Crippen LogP contribution in [0.4, 0.5) is 26.3 Å². The summed E-state index contributed by atoms with van der Waals surface area (Å²) >= 11 is 0. The predicted molar refractivity (Wildman–Crippen MR) is 94.8 cm³/mol. The third-order valence-corrected chi connectivity index (χ3v) is 4.56. The summed E-state index contributed by atoms with van der Waals surface area (Å²) in [5.74, 6) is -2.43. The second-order valence-electron chi connectivity index (χ2n) is 7.39. The highest BCUT2D eigenvalue weighted by Crippen LogP contribution is 2.42. The molecule has 3 nitrogen and oxygen atoms in total. The van der Waals surface area contributed by atoms with E-state index in [0.29, 0.717) is 6.07 Å². The minimum atomic E-state index is -5.13. The van der Waals surface area contributed by atoms with E-state index in [1.807, 2.05) is 5.32 Å². The fourth-order valence-corrected chi connectivity index (χ4v) is 3.17. The van der Waals surface area contributed by atoms with Crippen molar-refractivity contribution < 1.29 is 36.2 Å². The van der Waals surface area contributed by atoms with E-state index in [-0.39, 0.29) is 16.9 Å². The first-order valence-electron chi connectivity index (χ1n) is 8.60. The number of hydrogen-bond acceptors (Lipinski definition) is 3. The Labute approximate surface area is 164 Å². The van der Waals surface area contributed by atoms with Crippen molar-refractivity contribution in [2.75, 3.05) is 7.11 Å². The maximum absolute atomic E-state index is 13.7. The highest BCUT2D eigenvalue weighted by Gasteiger charge is 2.56. The monoisotopic (exact) mass is 421 g/mol. The first kappa shape index (κ1) is 23.0. The van der Waals surface area contributed by atoms with E-state index in [2.05, 4.69) is 0 Å². The maximum atomic E-state index is 13.7. The molecule has 1 unspecified atom stereocenters. The van der Waals surface area contributed by atoms with E-state index in [1.54, 1.807) is 0 Å². The van der Waals surface area contributed by atoms with E-state index in [9.17, 15) is 31.4 Å². The second-order valence-corrected chi connectivity index (χ2v) is 7.39. The van der Waals surface area contributed by atoms with Crippen LogP contribution in [0.15, 0.2) is 36.4 Å². The van der Waals surface area contributed by atoms with Crippen LogP contribution >= 0.6 is 0 Å². The number of alkyl halides is 3. The second kappa shape index (κ2) is 8.23. The van der Waals surface area contributed by atoms with E-state index in [4.69, 9.17) is 4.74 Å². The molecule has 160 valence electrons. The molecule has 0 aliphatic heterocycles. The molecule has 0 amide bonds. The van der Waals surface area contributed by atoms with Gasteiger partial charge >= 0.3 is 6.18 Å². The number of benzene rings is 2. The lowest BCUT2D eigenvalue weighted by molar-refractivity contribution is -0.280. The van der Waals surface area contributed by atoms with Gasteiger partial charge < -0.3 is 9.84 Å². The minimum Gasteiger partial charge on any atom is -0.496 e. The fraction of sp³-hybridized carbons (Fsp3) is 0.400. The SMILES string of the molecule is COc1ccc(F)cc1C(C)(C)CC(O)(NCc1cc(F)cc(F)c1)C(F)(F)F. The summed E-state index contributed by atoms with van der Waals surface area (Å²) in [5, 5.41) is 12.4. The largest absolute Gasteiger partial charge is 0.496 e. The average Bonchev–Trinajstić information content (AvgIpc) is 2.58. The summed E-state index contributed by atoms with van der Waals surface area (Å²) in [7, 11) is 1.29. The van der Waals surface area contributed by atoms with Crippen molar-refractivity contribution in [2.45, 2.75) is 44.1 Å². The first-order chi connectivity index (χ1) is 13.3. The molecule has 2 aromatic rings. The van der Waals surface area contributed by atoms with E-state index < -0.39 is 47.7 Å². The quantitative estimate of drug-likeness (QED) is 0.498. The van der Waals surface area contributed by atoms with Crippen molar-refractivity contribution in [3.05, 3.63) is 65.0 Å². The van der Waals surface area contributed by atoms with Gasteiger partial charge in [0.1, 0.15) is 23.2 Å². The van der Waals surface area contributed by atoms with Gasteiger partial charge in [-0.05, 0) is 41.3 Å². The summed E-state index contributed by atoms with van der Waals surface area (Å²) in [6, 6.07) is 5.71. The lowest BCUT2D eigenvalue weighted by Gasteiger charge is -2.39. The van der Waals surface area contributed by atoms with Gasteiger partial charge in [-0.15, -0.1) is 0 Å².